The van der Waals surface area contributed by atoms with Crippen LogP contribution in [0.2, 0.25) is 0 Å². The first kappa shape index (κ1) is 12.5. The Balaban J connectivity index is 2.04. The molecule has 0 fully saturated rings. The van der Waals surface area contributed by atoms with Crippen molar-refractivity contribution in [1.29, 1.82) is 0 Å². The molecule has 0 N–H and O–H groups in total. The Morgan fingerprint density at radius 2 is 1.71 bits per heavy atom. The van der Waals surface area contributed by atoms with Crippen molar-refractivity contribution in [2.45, 2.75) is 5.33 Å². The quantitative estimate of drug-likeness (QED) is 0.505. The van der Waals surface area contributed by atoms with Gasteiger partial charge in [-0.25, -0.2) is 9.67 Å². The molecule has 102 valence electrons. The highest BCUT2D eigenvalue weighted by molar-refractivity contribution is 9.08. The van der Waals surface area contributed by atoms with Crippen LogP contribution in [0.4, 0.5) is 0 Å². The summed E-state index contributed by atoms with van der Waals surface area (Å²) in [7, 11) is 0. The van der Waals surface area contributed by atoms with Gasteiger partial charge >= 0.3 is 0 Å². The van der Waals surface area contributed by atoms with Crippen molar-refractivity contribution >= 4 is 37.7 Å². The van der Waals surface area contributed by atoms with Gasteiger partial charge in [-0.2, -0.15) is 5.10 Å². The molecule has 0 spiro atoms. The number of rotatable bonds is 2. The number of aromatic nitrogens is 3. The third-order valence-corrected chi connectivity index (χ3v) is 4.21. The molecule has 0 saturated carbocycles. The molecule has 0 aliphatic heterocycles. The first-order valence-electron chi connectivity index (χ1n) is 6.74. The molecule has 21 heavy (non-hydrogen) atoms. The molecule has 0 amide bonds. The lowest BCUT2D eigenvalue weighted by Gasteiger charge is -2.09. The number of para-hydroxylation sites is 2. The van der Waals surface area contributed by atoms with Crippen LogP contribution in [0.5, 0.6) is 0 Å². The van der Waals surface area contributed by atoms with Gasteiger partial charge in [-0.1, -0.05) is 52.3 Å². The number of fused-ring (bicyclic) bond motifs is 2. The number of nitrogens with zero attached hydrogens (tertiary/aromatic N) is 3. The lowest BCUT2D eigenvalue weighted by Crippen LogP contribution is -2.03. The molecule has 2 aromatic carbocycles. The van der Waals surface area contributed by atoms with E-state index in [0.717, 1.165) is 38.5 Å². The molecule has 0 aliphatic carbocycles. The van der Waals surface area contributed by atoms with Crippen LogP contribution in [-0.2, 0) is 5.33 Å². The summed E-state index contributed by atoms with van der Waals surface area (Å²) >= 11 is 3.56. The average molecular weight is 338 g/mol. The number of hydrogen-bond acceptors (Lipinski definition) is 2. The zero-order valence-electron chi connectivity index (χ0n) is 11.2. The van der Waals surface area contributed by atoms with E-state index < -0.39 is 0 Å². The van der Waals surface area contributed by atoms with Crippen molar-refractivity contribution in [2.24, 2.45) is 0 Å². The van der Waals surface area contributed by atoms with Gasteiger partial charge in [0.1, 0.15) is 0 Å². The third-order valence-electron chi connectivity index (χ3n) is 3.60. The number of hydrogen-bond donors (Lipinski definition) is 0. The van der Waals surface area contributed by atoms with E-state index in [1.807, 2.05) is 41.2 Å². The number of alkyl halides is 1. The fourth-order valence-electron chi connectivity index (χ4n) is 2.57. The molecule has 2 heterocycles. The Morgan fingerprint density at radius 3 is 2.57 bits per heavy atom. The highest BCUT2D eigenvalue weighted by Gasteiger charge is 2.11. The second kappa shape index (κ2) is 4.97. The number of pyridine rings is 1. The van der Waals surface area contributed by atoms with E-state index in [1.165, 1.54) is 0 Å². The molecule has 4 aromatic rings. The zero-order chi connectivity index (χ0) is 14.2. The molecule has 3 nitrogen and oxygen atoms in total. The smallest absolute Gasteiger partial charge is 0.158 e. The Hall–Kier alpha value is -2.20. The summed E-state index contributed by atoms with van der Waals surface area (Å²) in [4.78, 5) is 4.81. The fraction of sp³-hybridized carbons (Fsp3) is 0.0588. The van der Waals surface area contributed by atoms with Gasteiger partial charge in [-0.15, -0.1) is 0 Å². The summed E-state index contributed by atoms with van der Waals surface area (Å²) < 4.78 is 1.92. The van der Waals surface area contributed by atoms with Crippen molar-refractivity contribution in [2.75, 3.05) is 0 Å². The molecular formula is C17H12BrN3. The minimum absolute atomic E-state index is 0.744. The Kier molecular flexibility index (Phi) is 2.97. The van der Waals surface area contributed by atoms with Crippen LogP contribution >= 0.6 is 15.9 Å². The van der Waals surface area contributed by atoms with Crippen molar-refractivity contribution in [1.82, 2.24) is 14.8 Å². The van der Waals surface area contributed by atoms with Gasteiger partial charge in [0.2, 0.25) is 0 Å². The first-order chi connectivity index (χ1) is 10.4. The molecule has 2 aromatic heterocycles. The Bertz CT molecular complexity index is 943. The number of halogens is 1. The maximum Gasteiger partial charge on any atom is 0.158 e. The average Bonchev–Trinajstić information content (AvgIpc) is 2.97. The summed E-state index contributed by atoms with van der Waals surface area (Å²) in [6, 6.07) is 18.5. The summed E-state index contributed by atoms with van der Waals surface area (Å²) in [5, 5.41) is 7.52. The van der Waals surface area contributed by atoms with E-state index in [1.54, 1.807) is 0 Å². The highest BCUT2D eigenvalue weighted by Crippen LogP contribution is 2.24. The summed E-state index contributed by atoms with van der Waals surface area (Å²) in [6.45, 7) is 0. The summed E-state index contributed by atoms with van der Waals surface area (Å²) in [6.07, 6.45) is 1.88. The van der Waals surface area contributed by atoms with E-state index in [4.69, 9.17) is 4.98 Å². The topological polar surface area (TPSA) is 30.7 Å². The van der Waals surface area contributed by atoms with Crippen molar-refractivity contribution in [3.63, 3.8) is 0 Å². The van der Waals surface area contributed by atoms with Crippen LogP contribution in [0.1, 0.15) is 5.56 Å². The van der Waals surface area contributed by atoms with Crippen LogP contribution in [0.25, 0.3) is 27.6 Å². The maximum atomic E-state index is 4.81. The van der Waals surface area contributed by atoms with Crippen LogP contribution in [0.3, 0.4) is 0 Å². The van der Waals surface area contributed by atoms with Crippen molar-refractivity contribution < 1.29 is 0 Å². The third kappa shape index (κ3) is 2.03. The van der Waals surface area contributed by atoms with Gasteiger partial charge in [-0.05, 0) is 18.2 Å². The van der Waals surface area contributed by atoms with E-state index in [2.05, 4.69) is 45.3 Å². The standard InChI is InChI=1S/C17H12BrN3/c18-10-14-9-12-5-1-3-7-15(12)20-17(14)21-16-8-4-2-6-13(16)11-19-21/h1-9,11H,10H2. The Labute approximate surface area is 130 Å². The van der Waals surface area contributed by atoms with Crippen molar-refractivity contribution in [3.05, 3.63) is 66.4 Å². The molecule has 4 rings (SSSR count). The summed E-state index contributed by atoms with van der Waals surface area (Å²) in [5.41, 5.74) is 3.18. The molecule has 0 unspecified atom stereocenters. The van der Waals surface area contributed by atoms with E-state index >= 15 is 0 Å². The second-order valence-electron chi connectivity index (χ2n) is 4.91. The monoisotopic (exact) mass is 337 g/mol. The van der Waals surface area contributed by atoms with Gasteiger partial charge < -0.3 is 0 Å². The lowest BCUT2D eigenvalue weighted by molar-refractivity contribution is 0.870. The second-order valence-corrected chi connectivity index (χ2v) is 5.47. The van der Waals surface area contributed by atoms with Gasteiger partial charge in [0.15, 0.2) is 5.82 Å². The lowest BCUT2D eigenvalue weighted by atomic mass is 10.1. The van der Waals surface area contributed by atoms with Crippen molar-refractivity contribution in [3.8, 4) is 5.82 Å². The van der Waals surface area contributed by atoms with Gasteiger partial charge in [0.25, 0.3) is 0 Å². The first-order valence-corrected chi connectivity index (χ1v) is 7.87. The van der Waals surface area contributed by atoms with Crippen LogP contribution in [-0.4, -0.2) is 14.8 Å². The van der Waals surface area contributed by atoms with E-state index in [0.29, 0.717) is 0 Å². The van der Waals surface area contributed by atoms with Crippen LogP contribution in [0.15, 0.2) is 60.8 Å². The maximum absolute atomic E-state index is 4.81. The molecule has 0 saturated heterocycles. The predicted molar refractivity (Wildman–Crippen MR) is 89.0 cm³/mol. The number of benzene rings is 2. The SMILES string of the molecule is BrCc1cc2ccccc2nc1-n1ncc2ccccc21. The van der Waals surface area contributed by atoms with Gasteiger partial charge in [-0.3, -0.25) is 0 Å². The minimum atomic E-state index is 0.744. The molecular weight excluding hydrogens is 326 g/mol. The van der Waals surface area contributed by atoms with Crippen LogP contribution in [0, 0.1) is 0 Å². The zero-order valence-corrected chi connectivity index (χ0v) is 12.8. The molecule has 0 atom stereocenters. The summed E-state index contributed by atoms with van der Waals surface area (Å²) in [5.74, 6) is 0.881. The highest BCUT2D eigenvalue weighted by atomic mass is 79.9. The predicted octanol–water partition coefficient (Wildman–Crippen LogP) is 4.47. The van der Waals surface area contributed by atoms with Gasteiger partial charge in [0.05, 0.1) is 17.2 Å². The van der Waals surface area contributed by atoms with E-state index in [-0.39, 0.29) is 0 Å². The largest absolute Gasteiger partial charge is 0.228 e. The molecule has 0 bridgehead atoms. The van der Waals surface area contributed by atoms with Crippen LogP contribution < -0.4 is 0 Å². The Morgan fingerprint density at radius 1 is 0.952 bits per heavy atom. The normalized spacial score (nSPS) is 11.3. The van der Waals surface area contributed by atoms with Gasteiger partial charge in [0, 0.05) is 21.7 Å². The molecule has 0 aliphatic rings. The molecule has 0 radical (unpaired) electrons. The van der Waals surface area contributed by atoms with E-state index in [9.17, 15) is 0 Å². The molecule has 4 heteroatoms. The minimum Gasteiger partial charge on any atom is -0.228 e. The fourth-order valence-corrected chi connectivity index (χ4v) is 2.98.